The fourth-order valence-electron chi connectivity index (χ4n) is 4.16. The lowest BCUT2D eigenvalue weighted by Gasteiger charge is -2.36. The minimum atomic E-state index is -0.454. The second kappa shape index (κ2) is 12.2. The number of para-hydroxylation sites is 1. The highest BCUT2D eigenvalue weighted by molar-refractivity contribution is 8.18. The van der Waals surface area contributed by atoms with E-state index in [-0.39, 0.29) is 23.5 Å². The predicted molar refractivity (Wildman–Crippen MR) is 146 cm³/mol. The molecule has 0 N–H and O–H groups in total. The predicted octanol–water partition coefficient (Wildman–Crippen LogP) is 4.65. The largest absolute Gasteiger partial charge is 0.490 e. The Balaban J connectivity index is 1.39. The summed E-state index contributed by atoms with van der Waals surface area (Å²) in [4.78, 5) is 43.8. The molecule has 8 nitrogen and oxygen atoms in total. The molecular formula is C28H33N3O5S. The maximum absolute atomic E-state index is 13.0. The van der Waals surface area contributed by atoms with Gasteiger partial charge in [0.25, 0.3) is 11.1 Å². The number of piperazine rings is 1. The van der Waals surface area contributed by atoms with Gasteiger partial charge in [0.1, 0.15) is 6.54 Å². The van der Waals surface area contributed by atoms with E-state index >= 15 is 0 Å². The molecule has 9 heteroatoms. The number of rotatable bonds is 9. The third kappa shape index (κ3) is 6.46. The number of carbonyl (C=O) groups is 3. The molecule has 0 spiro atoms. The van der Waals surface area contributed by atoms with Gasteiger partial charge >= 0.3 is 0 Å². The van der Waals surface area contributed by atoms with Crippen LogP contribution in [-0.2, 0) is 9.59 Å². The molecule has 2 saturated heterocycles. The molecular weight excluding hydrogens is 490 g/mol. The molecule has 2 aromatic rings. The van der Waals surface area contributed by atoms with Crippen LogP contribution in [0.25, 0.3) is 6.08 Å². The maximum Gasteiger partial charge on any atom is 0.294 e. The lowest BCUT2D eigenvalue weighted by molar-refractivity contribution is -0.136. The lowest BCUT2D eigenvalue weighted by atomic mass is 10.1. The zero-order valence-corrected chi connectivity index (χ0v) is 22.3. The zero-order chi connectivity index (χ0) is 26.4. The molecule has 37 heavy (non-hydrogen) atoms. The van der Waals surface area contributed by atoms with Crippen molar-refractivity contribution in [1.29, 1.82) is 0 Å². The molecule has 0 radical (unpaired) electrons. The lowest BCUT2D eigenvalue weighted by Crippen LogP contribution is -2.51. The summed E-state index contributed by atoms with van der Waals surface area (Å²) in [7, 11) is 0. The topological polar surface area (TPSA) is 79.4 Å². The van der Waals surface area contributed by atoms with Crippen molar-refractivity contribution in [2.24, 2.45) is 0 Å². The molecule has 1 atom stereocenters. The van der Waals surface area contributed by atoms with Crippen LogP contribution >= 0.6 is 11.8 Å². The summed E-state index contributed by atoms with van der Waals surface area (Å²) in [6, 6.07) is 15.5. The summed E-state index contributed by atoms with van der Waals surface area (Å²) in [5, 5.41) is -0.436. The van der Waals surface area contributed by atoms with Gasteiger partial charge in [-0.3, -0.25) is 19.3 Å². The summed E-state index contributed by atoms with van der Waals surface area (Å²) >= 11 is 0.848. The van der Waals surface area contributed by atoms with Crippen LogP contribution in [0.4, 0.5) is 10.5 Å². The van der Waals surface area contributed by atoms with Crippen LogP contribution in [0.3, 0.4) is 0 Å². The highest BCUT2D eigenvalue weighted by Crippen LogP contribution is 2.35. The molecule has 0 saturated carbocycles. The van der Waals surface area contributed by atoms with Crippen molar-refractivity contribution < 1.29 is 23.9 Å². The van der Waals surface area contributed by atoms with Crippen LogP contribution < -0.4 is 14.4 Å². The average molecular weight is 524 g/mol. The van der Waals surface area contributed by atoms with Gasteiger partial charge in [0.2, 0.25) is 5.91 Å². The van der Waals surface area contributed by atoms with Crippen molar-refractivity contribution in [2.45, 2.75) is 33.3 Å². The monoisotopic (exact) mass is 523 g/mol. The van der Waals surface area contributed by atoms with Crippen LogP contribution in [0.1, 0.15) is 32.8 Å². The minimum absolute atomic E-state index is 0.0420. The van der Waals surface area contributed by atoms with Crippen molar-refractivity contribution in [2.75, 3.05) is 44.2 Å². The van der Waals surface area contributed by atoms with Crippen LogP contribution in [0.15, 0.2) is 53.4 Å². The Bertz CT molecular complexity index is 1160. The second-order valence-electron chi connectivity index (χ2n) is 8.95. The summed E-state index contributed by atoms with van der Waals surface area (Å²) in [6.07, 6.45) is 2.56. The number of benzene rings is 2. The van der Waals surface area contributed by atoms with Gasteiger partial charge in [0.05, 0.1) is 17.6 Å². The standard InChI is InChI=1S/C28H33N3O5S/c1-4-20(3)36-23-12-11-21(17-24(23)35-5-2)18-25-27(33)31(28(34)37-25)19-26(32)30-15-13-29(14-16-30)22-9-7-6-8-10-22/h6-12,17-18,20H,4-5,13-16,19H2,1-3H3/b25-18+/t20-/m0/s1. The molecule has 0 bridgehead atoms. The quantitative estimate of drug-likeness (QED) is 0.443. The summed E-state index contributed by atoms with van der Waals surface area (Å²) in [5.74, 6) is 0.547. The third-order valence-corrected chi connectivity index (χ3v) is 7.30. The molecule has 4 rings (SSSR count). The SMILES string of the molecule is CCOc1cc(/C=C2/SC(=O)N(CC(=O)N3CCN(c4ccccc4)CC3)C2=O)ccc1O[C@@H](C)CC. The van der Waals surface area contributed by atoms with E-state index in [9.17, 15) is 14.4 Å². The molecule has 196 valence electrons. The molecule has 3 amide bonds. The van der Waals surface area contributed by atoms with Crippen molar-refractivity contribution >= 4 is 40.6 Å². The number of carbonyl (C=O) groups excluding carboxylic acids is 3. The van der Waals surface area contributed by atoms with E-state index in [0.29, 0.717) is 49.8 Å². The number of anilines is 1. The van der Waals surface area contributed by atoms with Gasteiger partial charge < -0.3 is 19.3 Å². The number of thioether (sulfide) groups is 1. The van der Waals surface area contributed by atoms with E-state index in [2.05, 4.69) is 4.90 Å². The third-order valence-electron chi connectivity index (χ3n) is 6.39. The Kier molecular flexibility index (Phi) is 8.76. The second-order valence-corrected chi connectivity index (χ2v) is 9.94. The normalized spacial score (nSPS) is 17.9. The van der Waals surface area contributed by atoms with Gasteiger partial charge in [-0.15, -0.1) is 0 Å². The van der Waals surface area contributed by atoms with E-state index < -0.39 is 11.1 Å². The number of hydrogen-bond donors (Lipinski definition) is 0. The summed E-state index contributed by atoms with van der Waals surface area (Å²) in [5.41, 5.74) is 1.84. The van der Waals surface area contributed by atoms with Crippen molar-refractivity contribution in [3.8, 4) is 11.5 Å². The molecule has 2 fully saturated rings. The first kappa shape index (κ1) is 26.6. The van der Waals surface area contributed by atoms with Gasteiger partial charge in [-0.05, 0) is 67.9 Å². The maximum atomic E-state index is 13.0. The van der Waals surface area contributed by atoms with Crippen LogP contribution in [0, 0.1) is 0 Å². The van der Waals surface area contributed by atoms with Gasteiger partial charge in [-0.2, -0.15) is 0 Å². The molecule has 2 heterocycles. The first-order valence-electron chi connectivity index (χ1n) is 12.7. The number of imide groups is 1. The highest BCUT2D eigenvalue weighted by atomic mass is 32.2. The van der Waals surface area contributed by atoms with Crippen molar-refractivity contribution in [3.05, 3.63) is 59.0 Å². The van der Waals surface area contributed by atoms with Crippen LogP contribution in [-0.4, -0.2) is 72.3 Å². The molecule has 2 aromatic carbocycles. The number of ether oxygens (including phenoxy) is 2. The van der Waals surface area contributed by atoms with Crippen molar-refractivity contribution in [1.82, 2.24) is 9.80 Å². The fraction of sp³-hybridized carbons (Fsp3) is 0.393. The summed E-state index contributed by atoms with van der Waals surface area (Å²) in [6.45, 7) is 8.65. The Labute approximate surface area is 222 Å². The van der Waals surface area contributed by atoms with Gasteiger partial charge in [-0.25, -0.2) is 0 Å². The van der Waals surface area contributed by atoms with Gasteiger partial charge in [0, 0.05) is 31.9 Å². The molecule has 0 unspecified atom stereocenters. The summed E-state index contributed by atoms with van der Waals surface area (Å²) < 4.78 is 11.7. The van der Waals surface area contributed by atoms with Crippen LogP contribution in [0.2, 0.25) is 0 Å². The smallest absolute Gasteiger partial charge is 0.294 e. The molecule has 0 aliphatic carbocycles. The minimum Gasteiger partial charge on any atom is -0.490 e. The molecule has 2 aliphatic rings. The Morgan fingerprint density at radius 1 is 1.03 bits per heavy atom. The molecule has 0 aromatic heterocycles. The Hall–Kier alpha value is -3.46. The fourth-order valence-corrected chi connectivity index (χ4v) is 4.99. The zero-order valence-electron chi connectivity index (χ0n) is 21.5. The Morgan fingerprint density at radius 2 is 1.76 bits per heavy atom. The van der Waals surface area contributed by atoms with E-state index in [4.69, 9.17) is 9.47 Å². The van der Waals surface area contributed by atoms with Gasteiger partial charge in [-0.1, -0.05) is 31.2 Å². The van der Waals surface area contributed by atoms with Gasteiger partial charge in [0.15, 0.2) is 11.5 Å². The number of amides is 3. The van der Waals surface area contributed by atoms with E-state index in [1.165, 1.54) is 0 Å². The van der Waals surface area contributed by atoms with E-state index in [1.54, 1.807) is 17.0 Å². The number of hydrogen-bond acceptors (Lipinski definition) is 7. The first-order valence-corrected chi connectivity index (χ1v) is 13.5. The Morgan fingerprint density at radius 3 is 2.43 bits per heavy atom. The number of nitrogens with zero attached hydrogens (tertiary/aromatic N) is 3. The highest BCUT2D eigenvalue weighted by Gasteiger charge is 2.37. The van der Waals surface area contributed by atoms with Crippen molar-refractivity contribution in [3.63, 3.8) is 0 Å². The van der Waals surface area contributed by atoms with Crippen LogP contribution in [0.5, 0.6) is 11.5 Å². The first-order chi connectivity index (χ1) is 17.9. The van der Waals surface area contributed by atoms with E-state index in [1.807, 2.05) is 63.2 Å². The average Bonchev–Trinajstić information content (AvgIpc) is 3.17. The van der Waals surface area contributed by atoms with E-state index in [0.717, 1.165) is 28.8 Å². The molecule has 2 aliphatic heterocycles.